The molecule has 1 aromatic heterocycles. The first-order chi connectivity index (χ1) is 21.6. The topological polar surface area (TPSA) is 120 Å². The minimum Gasteiger partial charge on any atom is -0.354 e. The predicted molar refractivity (Wildman–Crippen MR) is 181 cm³/mol. The summed E-state index contributed by atoms with van der Waals surface area (Å²) in [6, 6.07) is -1.62. The molecule has 3 heterocycles. The Hall–Kier alpha value is -3.21. The summed E-state index contributed by atoms with van der Waals surface area (Å²) in [5.41, 5.74) is -0.0205. The second kappa shape index (κ2) is 16.6. The van der Waals surface area contributed by atoms with Crippen molar-refractivity contribution in [2.24, 2.45) is 11.3 Å². The van der Waals surface area contributed by atoms with E-state index >= 15 is 0 Å². The summed E-state index contributed by atoms with van der Waals surface area (Å²) < 4.78 is 1.97. The Kier molecular flexibility index (Phi) is 13.4. The third-order valence-corrected chi connectivity index (χ3v) is 9.41. The maximum Gasteiger partial charge on any atom is 0.249 e. The van der Waals surface area contributed by atoms with Gasteiger partial charge in [0.1, 0.15) is 12.1 Å². The van der Waals surface area contributed by atoms with Gasteiger partial charge < -0.3 is 25.0 Å². The van der Waals surface area contributed by atoms with E-state index in [4.69, 9.17) is 0 Å². The van der Waals surface area contributed by atoms with Crippen molar-refractivity contribution in [3.05, 3.63) is 30.4 Å². The summed E-state index contributed by atoms with van der Waals surface area (Å²) in [5, 5.41) is 6.14. The molecule has 2 saturated heterocycles. The number of likely N-dealkylation sites (N-methyl/N-ethyl adjacent to an activating group) is 1. The number of carbonyl (C=O) groups is 4. The van der Waals surface area contributed by atoms with E-state index in [0.29, 0.717) is 25.1 Å². The number of hydrogen-bond donors (Lipinski definition) is 2. The number of nitrogens with one attached hydrogen (secondary N) is 2. The minimum absolute atomic E-state index is 0.0102. The highest BCUT2D eigenvalue weighted by Gasteiger charge is 2.40. The number of aryl methyl sites for hydroxylation is 1. The molecule has 2 aliphatic heterocycles. The van der Waals surface area contributed by atoms with Crippen LogP contribution in [0, 0.1) is 11.3 Å². The summed E-state index contributed by atoms with van der Waals surface area (Å²) in [6.07, 6.45) is 12.2. The monoisotopic (exact) mass is 641 g/mol. The van der Waals surface area contributed by atoms with E-state index in [1.807, 2.05) is 51.5 Å². The third-order valence-electron chi connectivity index (χ3n) is 9.41. The van der Waals surface area contributed by atoms with Gasteiger partial charge in [0, 0.05) is 50.7 Å². The average Bonchev–Trinajstić information content (AvgIpc) is 3.71. The lowest BCUT2D eigenvalue weighted by Gasteiger charge is -2.41. The van der Waals surface area contributed by atoms with Crippen LogP contribution in [-0.4, -0.2) is 105 Å². The molecule has 0 radical (unpaired) electrons. The van der Waals surface area contributed by atoms with Crippen LogP contribution in [0.4, 0.5) is 0 Å². The van der Waals surface area contributed by atoms with Gasteiger partial charge in [0.05, 0.1) is 18.4 Å². The van der Waals surface area contributed by atoms with E-state index in [1.54, 1.807) is 36.3 Å². The fraction of sp³-hybridized carbons (Fsp3) is 0.743. The Balaban J connectivity index is 1.69. The van der Waals surface area contributed by atoms with Crippen LogP contribution in [-0.2, 0) is 25.7 Å². The average molecular weight is 642 g/mol. The van der Waals surface area contributed by atoms with Gasteiger partial charge in [-0.1, -0.05) is 47.1 Å². The number of amides is 4. The van der Waals surface area contributed by atoms with Crippen LogP contribution in [0.2, 0.25) is 0 Å². The highest BCUT2D eigenvalue weighted by atomic mass is 16.2. The van der Waals surface area contributed by atoms with Crippen molar-refractivity contribution in [1.82, 2.24) is 34.9 Å². The van der Waals surface area contributed by atoms with Crippen molar-refractivity contribution in [3.63, 3.8) is 0 Å². The first kappa shape index (κ1) is 37.2. The highest BCUT2D eigenvalue weighted by Crippen LogP contribution is 2.27. The van der Waals surface area contributed by atoms with Crippen molar-refractivity contribution in [2.75, 3.05) is 26.7 Å². The van der Waals surface area contributed by atoms with Gasteiger partial charge in [-0.05, 0) is 70.8 Å². The largest absolute Gasteiger partial charge is 0.354 e. The van der Waals surface area contributed by atoms with Crippen molar-refractivity contribution < 1.29 is 19.2 Å². The molecule has 0 spiro atoms. The molecule has 0 bridgehead atoms. The van der Waals surface area contributed by atoms with Gasteiger partial charge in [-0.3, -0.25) is 24.1 Å². The molecule has 4 atom stereocenters. The number of hydrogen-bond acceptors (Lipinski definition) is 6. The zero-order chi connectivity index (χ0) is 34.2. The fourth-order valence-corrected chi connectivity index (χ4v) is 6.69. The first-order valence-electron chi connectivity index (χ1n) is 17.2. The maximum atomic E-state index is 14.1. The van der Waals surface area contributed by atoms with E-state index in [-0.39, 0.29) is 47.7 Å². The van der Waals surface area contributed by atoms with E-state index in [2.05, 4.69) is 34.4 Å². The van der Waals surface area contributed by atoms with Crippen LogP contribution >= 0.6 is 0 Å². The van der Waals surface area contributed by atoms with Crippen LogP contribution in [0.1, 0.15) is 93.9 Å². The van der Waals surface area contributed by atoms with E-state index in [9.17, 15) is 19.2 Å². The normalized spacial score (nSPS) is 20.9. The molecule has 258 valence electrons. The number of imidazole rings is 1. The van der Waals surface area contributed by atoms with Crippen molar-refractivity contribution >= 4 is 23.6 Å². The van der Waals surface area contributed by atoms with Gasteiger partial charge in [0.25, 0.3) is 0 Å². The molecule has 3 rings (SSSR count). The number of likely N-dealkylation sites (tertiary alicyclic amines) is 2. The standard InChI is InChI=1S/C35H59N7O4/c1-24(2)29(39(9)34(46)30(35(6,7)8)38-32(44)28-14-10-11-19-41(28)25(3)4)22-26(5)33(45)42-20-12-15-27(42)31(43)37-16-13-18-40-21-17-36-23-40/h17,21-25,27-30H,10-16,18-20H2,1-9H3,(H,37,43)(H,38,44)/t27-,28+,29+,30+/m0/s1. The molecule has 4 amide bonds. The lowest BCUT2D eigenvalue weighted by Crippen LogP contribution is -2.60. The minimum atomic E-state index is -0.730. The van der Waals surface area contributed by atoms with Crippen LogP contribution in [0.25, 0.3) is 0 Å². The smallest absolute Gasteiger partial charge is 0.249 e. The van der Waals surface area contributed by atoms with E-state index < -0.39 is 17.5 Å². The summed E-state index contributed by atoms with van der Waals surface area (Å²) in [5.74, 6) is -0.588. The van der Waals surface area contributed by atoms with Crippen LogP contribution in [0.5, 0.6) is 0 Å². The molecule has 2 fully saturated rings. The number of rotatable bonds is 13. The third kappa shape index (κ3) is 9.65. The molecular weight excluding hydrogens is 582 g/mol. The first-order valence-corrected chi connectivity index (χ1v) is 17.2. The lowest BCUT2D eigenvalue weighted by molar-refractivity contribution is -0.142. The summed E-state index contributed by atoms with van der Waals surface area (Å²) >= 11 is 0. The van der Waals surface area contributed by atoms with Gasteiger partial charge in [0.2, 0.25) is 23.6 Å². The molecule has 0 unspecified atom stereocenters. The van der Waals surface area contributed by atoms with Gasteiger partial charge in [-0.15, -0.1) is 0 Å². The molecule has 2 N–H and O–H groups in total. The molecule has 0 aliphatic carbocycles. The van der Waals surface area contributed by atoms with Crippen molar-refractivity contribution in [1.29, 1.82) is 0 Å². The zero-order valence-corrected chi connectivity index (χ0v) is 29.7. The molecular formula is C35H59N7O4. The van der Waals surface area contributed by atoms with Crippen molar-refractivity contribution in [3.8, 4) is 0 Å². The second-order valence-corrected chi connectivity index (χ2v) is 14.8. The number of nitrogens with zero attached hydrogens (tertiary/aromatic N) is 5. The summed E-state index contributed by atoms with van der Waals surface area (Å²) in [6.45, 7) is 18.6. The Morgan fingerprint density at radius 2 is 1.70 bits per heavy atom. The quantitative estimate of drug-likeness (QED) is 0.251. The summed E-state index contributed by atoms with van der Waals surface area (Å²) in [4.78, 5) is 64.1. The van der Waals surface area contributed by atoms with Crippen molar-refractivity contribution in [2.45, 2.75) is 131 Å². The fourth-order valence-electron chi connectivity index (χ4n) is 6.69. The van der Waals surface area contributed by atoms with Gasteiger partial charge in [-0.2, -0.15) is 0 Å². The lowest BCUT2D eigenvalue weighted by atomic mass is 9.84. The summed E-state index contributed by atoms with van der Waals surface area (Å²) in [7, 11) is 1.75. The molecule has 0 aromatic carbocycles. The van der Waals surface area contributed by atoms with E-state index in [0.717, 1.165) is 45.2 Å². The molecule has 0 saturated carbocycles. The number of carbonyl (C=O) groups excluding carboxylic acids is 4. The highest BCUT2D eigenvalue weighted by molar-refractivity contribution is 5.97. The van der Waals surface area contributed by atoms with Crippen LogP contribution < -0.4 is 10.6 Å². The van der Waals surface area contributed by atoms with Crippen LogP contribution in [0.3, 0.4) is 0 Å². The molecule has 1 aromatic rings. The van der Waals surface area contributed by atoms with Crippen LogP contribution in [0.15, 0.2) is 30.4 Å². The van der Waals surface area contributed by atoms with Gasteiger partial charge >= 0.3 is 0 Å². The predicted octanol–water partition coefficient (Wildman–Crippen LogP) is 3.60. The Bertz CT molecular complexity index is 1200. The maximum absolute atomic E-state index is 14.1. The second-order valence-electron chi connectivity index (χ2n) is 14.8. The Morgan fingerprint density at radius 3 is 2.30 bits per heavy atom. The molecule has 11 heteroatoms. The Labute approximate surface area is 276 Å². The Morgan fingerprint density at radius 1 is 1.00 bits per heavy atom. The number of aromatic nitrogens is 2. The van der Waals surface area contributed by atoms with Gasteiger partial charge in [-0.25, -0.2) is 4.98 Å². The zero-order valence-electron chi connectivity index (χ0n) is 29.7. The SMILES string of the molecule is CC(=C[C@H](C(C)C)N(C)C(=O)[C@@H](NC(=O)[C@H]1CCCCN1C(C)C)C(C)(C)C)C(=O)N1CCC[C@H]1C(=O)NCCCn1ccnc1. The molecule has 11 nitrogen and oxygen atoms in total. The molecule has 2 aliphatic rings. The van der Waals surface area contributed by atoms with E-state index in [1.165, 1.54) is 0 Å². The van der Waals surface area contributed by atoms with Gasteiger partial charge in [0.15, 0.2) is 0 Å². The molecule has 46 heavy (non-hydrogen) atoms. The number of piperidine rings is 1.